The van der Waals surface area contributed by atoms with E-state index < -0.39 is 12.2 Å². The largest absolute Gasteiger partial charge is 0.464 e. The Balaban J connectivity index is 2.24. The molecule has 6 heteroatoms. The summed E-state index contributed by atoms with van der Waals surface area (Å²) in [6, 6.07) is 16.0. The number of anilines is 4. The Morgan fingerprint density at radius 2 is 0.839 bits per heavy atom. The summed E-state index contributed by atoms with van der Waals surface area (Å²) < 4.78 is 0. The summed E-state index contributed by atoms with van der Waals surface area (Å²) in [5.41, 5.74) is 6.10. The molecule has 2 N–H and O–H groups in total. The minimum absolute atomic E-state index is 0.412. The molecule has 0 saturated carbocycles. The van der Waals surface area contributed by atoms with Crippen molar-refractivity contribution in [1.29, 1.82) is 0 Å². The van der Waals surface area contributed by atoms with E-state index in [1.165, 1.54) is 9.80 Å². The maximum Gasteiger partial charge on any atom is 0.416 e. The number of benzene rings is 3. The van der Waals surface area contributed by atoms with E-state index in [1.54, 1.807) is 37.3 Å². The minimum Gasteiger partial charge on any atom is -0.464 e. The molecule has 31 heavy (non-hydrogen) atoms. The molecule has 160 valence electrons. The summed E-state index contributed by atoms with van der Waals surface area (Å²) in [7, 11) is 0. The van der Waals surface area contributed by atoms with Crippen LogP contribution in [0.25, 0.3) is 0 Å². The van der Waals surface area contributed by atoms with Gasteiger partial charge < -0.3 is 10.2 Å². The van der Waals surface area contributed by atoms with Crippen molar-refractivity contribution in [1.82, 2.24) is 0 Å². The molecule has 0 aromatic heterocycles. The monoisotopic (exact) mass is 418 g/mol. The van der Waals surface area contributed by atoms with Gasteiger partial charge in [-0.25, -0.2) is 19.4 Å². The first-order chi connectivity index (χ1) is 14.6. The van der Waals surface area contributed by atoms with Gasteiger partial charge in [-0.2, -0.15) is 0 Å². The summed E-state index contributed by atoms with van der Waals surface area (Å²) in [6.45, 7) is 9.34. The number of hydrogen-bond acceptors (Lipinski definition) is 2. The fraction of sp³-hybridized carbons (Fsp3) is 0.200. The number of hydrogen-bond donors (Lipinski definition) is 2. The number of carbonyl (C=O) groups is 2. The second-order valence-electron chi connectivity index (χ2n) is 7.60. The quantitative estimate of drug-likeness (QED) is 0.485. The van der Waals surface area contributed by atoms with Crippen molar-refractivity contribution in [2.45, 2.75) is 34.6 Å². The Hall–Kier alpha value is -3.80. The highest BCUT2D eigenvalue weighted by molar-refractivity contribution is 6.01. The fourth-order valence-corrected chi connectivity index (χ4v) is 3.72. The van der Waals surface area contributed by atoms with Gasteiger partial charge in [0.15, 0.2) is 0 Å². The van der Waals surface area contributed by atoms with Gasteiger partial charge in [0.1, 0.15) is 0 Å². The summed E-state index contributed by atoms with van der Waals surface area (Å²) in [6.07, 6.45) is -2.27. The van der Waals surface area contributed by atoms with Crippen LogP contribution in [0, 0.1) is 34.6 Å². The van der Waals surface area contributed by atoms with Gasteiger partial charge in [0, 0.05) is 0 Å². The molecular formula is C25H26N2O4. The number of carboxylic acid groups (broad SMARTS) is 2. The maximum atomic E-state index is 12.3. The van der Waals surface area contributed by atoms with Gasteiger partial charge in [-0.15, -0.1) is 0 Å². The lowest BCUT2D eigenvalue weighted by atomic mass is 10.0. The van der Waals surface area contributed by atoms with Crippen LogP contribution < -0.4 is 9.80 Å². The van der Waals surface area contributed by atoms with Crippen LogP contribution in [-0.2, 0) is 0 Å². The van der Waals surface area contributed by atoms with Crippen LogP contribution in [0.5, 0.6) is 0 Å². The van der Waals surface area contributed by atoms with Gasteiger partial charge in [0.2, 0.25) is 0 Å². The van der Waals surface area contributed by atoms with E-state index in [-0.39, 0.29) is 0 Å². The van der Waals surface area contributed by atoms with Crippen molar-refractivity contribution < 1.29 is 19.8 Å². The first-order valence-corrected chi connectivity index (χ1v) is 9.93. The van der Waals surface area contributed by atoms with Gasteiger partial charge in [-0.3, -0.25) is 0 Å². The molecule has 0 unspecified atom stereocenters. The van der Waals surface area contributed by atoms with E-state index in [0.717, 1.165) is 22.3 Å². The third-order valence-electron chi connectivity index (χ3n) is 5.77. The molecule has 3 aromatic rings. The Morgan fingerprint density at radius 3 is 1.16 bits per heavy atom. The lowest BCUT2D eigenvalue weighted by Gasteiger charge is -2.28. The van der Waals surface area contributed by atoms with Crippen LogP contribution in [0.15, 0.2) is 54.6 Å². The molecule has 0 bridgehead atoms. The van der Waals surface area contributed by atoms with Crippen molar-refractivity contribution >= 4 is 34.9 Å². The maximum absolute atomic E-state index is 12.3. The molecule has 0 atom stereocenters. The lowest BCUT2D eigenvalue weighted by molar-refractivity contribution is 0.204. The van der Waals surface area contributed by atoms with E-state index >= 15 is 0 Å². The van der Waals surface area contributed by atoms with Crippen molar-refractivity contribution in [3.05, 3.63) is 82.4 Å². The highest BCUT2D eigenvalue weighted by atomic mass is 16.4. The van der Waals surface area contributed by atoms with Crippen LogP contribution in [0.4, 0.5) is 32.3 Å². The molecule has 0 aliphatic rings. The number of amides is 2. The van der Waals surface area contributed by atoms with Crippen LogP contribution >= 0.6 is 0 Å². The Kier molecular flexibility index (Phi) is 6.02. The average molecular weight is 418 g/mol. The zero-order valence-electron chi connectivity index (χ0n) is 18.3. The number of aryl methyl sites for hydroxylation is 2. The van der Waals surface area contributed by atoms with Crippen LogP contribution in [0.3, 0.4) is 0 Å². The third-order valence-corrected chi connectivity index (χ3v) is 5.77. The minimum atomic E-state index is -1.14. The summed E-state index contributed by atoms with van der Waals surface area (Å²) >= 11 is 0. The van der Waals surface area contributed by atoms with Crippen LogP contribution in [-0.4, -0.2) is 22.4 Å². The Bertz CT molecular complexity index is 1080. The highest BCUT2D eigenvalue weighted by Crippen LogP contribution is 2.39. The second-order valence-corrected chi connectivity index (χ2v) is 7.60. The van der Waals surface area contributed by atoms with Gasteiger partial charge in [-0.05, 0) is 86.7 Å². The van der Waals surface area contributed by atoms with Gasteiger partial charge in [0.05, 0.1) is 22.7 Å². The smallest absolute Gasteiger partial charge is 0.416 e. The van der Waals surface area contributed by atoms with Gasteiger partial charge in [0.25, 0.3) is 0 Å². The molecule has 0 saturated heterocycles. The first kappa shape index (κ1) is 21.9. The van der Waals surface area contributed by atoms with Gasteiger partial charge in [-0.1, -0.05) is 30.3 Å². The molecular weight excluding hydrogens is 392 g/mol. The predicted molar refractivity (Wildman–Crippen MR) is 123 cm³/mol. The third kappa shape index (κ3) is 3.97. The fourth-order valence-electron chi connectivity index (χ4n) is 3.72. The summed E-state index contributed by atoms with van der Waals surface area (Å²) in [5, 5.41) is 20.1. The standard InChI is InChI=1S/C25H26N2O4/c1-15-9-6-11-20(17(15)3)26(24(28)29)22-13-8-14-23(19(22)5)27(25(30)31)21-12-7-10-16(2)18(21)4/h6-14H,1-5H3,(H,28,29)(H,30,31). The molecule has 6 nitrogen and oxygen atoms in total. The number of nitrogens with zero attached hydrogens (tertiary/aromatic N) is 2. The Labute approximate surface area is 182 Å². The van der Waals surface area contributed by atoms with E-state index in [4.69, 9.17) is 0 Å². The number of rotatable bonds is 4. The van der Waals surface area contributed by atoms with Crippen molar-refractivity contribution in [2.24, 2.45) is 0 Å². The molecule has 3 aromatic carbocycles. The zero-order chi connectivity index (χ0) is 22.9. The first-order valence-electron chi connectivity index (χ1n) is 9.93. The molecule has 0 aliphatic carbocycles. The van der Waals surface area contributed by atoms with Gasteiger partial charge >= 0.3 is 12.2 Å². The van der Waals surface area contributed by atoms with E-state index in [2.05, 4.69) is 0 Å². The molecule has 0 aliphatic heterocycles. The average Bonchev–Trinajstić information content (AvgIpc) is 2.70. The molecule has 0 heterocycles. The SMILES string of the molecule is Cc1cccc(N(C(=O)O)c2cccc(N(C(=O)O)c3cccc(C)c3C)c2C)c1C. The topological polar surface area (TPSA) is 81.1 Å². The van der Waals surface area contributed by atoms with Crippen LogP contribution in [0.1, 0.15) is 27.8 Å². The highest BCUT2D eigenvalue weighted by Gasteiger charge is 2.26. The van der Waals surface area contributed by atoms with Crippen LogP contribution in [0.2, 0.25) is 0 Å². The Morgan fingerprint density at radius 1 is 0.548 bits per heavy atom. The van der Waals surface area contributed by atoms with E-state index in [1.807, 2.05) is 52.0 Å². The van der Waals surface area contributed by atoms with E-state index in [9.17, 15) is 19.8 Å². The summed E-state index contributed by atoms with van der Waals surface area (Å²) in [4.78, 5) is 27.0. The molecule has 0 radical (unpaired) electrons. The zero-order valence-corrected chi connectivity index (χ0v) is 18.3. The van der Waals surface area contributed by atoms with Crippen molar-refractivity contribution in [3.63, 3.8) is 0 Å². The molecule has 2 amide bonds. The molecule has 0 spiro atoms. The summed E-state index contributed by atoms with van der Waals surface area (Å²) in [5.74, 6) is 0. The van der Waals surface area contributed by atoms with E-state index in [0.29, 0.717) is 28.3 Å². The van der Waals surface area contributed by atoms with Crippen molar-refractivity contribution in [2.75, 3.05) is 9.80 Å². The normalized spacial score (nSPS) is 10.6. The van der Waals surface area contributed by atoms with Crippen molar-refractivity contribution in [3.8, 4) is 0 Å². The second kappa shape index (κ2) is 8.52. The lowest BCUT2D eigenvalue weighted by Crippen LogP contribution is -2.28. The molecule has 3 rings (SSSR count). The predicted octanol–water partition coefficient (Wildman–Crippen LogP) is 6.86. The molecule has 0 fully saturated rings.